The number of carbonyl (C=O) groups excluding carboxylic acids is 1. The Bertz CT molecular complexity index is 373. The Labute approximate surface area is 116 Å². The Kier molecular flexibility index (Phi) is 7.19. The van der Waals surface area contributed by atoms with Crippen LogP contribution in [-0.2, 0) is 16.0 Å². The Morgan fingerprint density at radius 1 is 1.32 bits per heavy atom. The monoisotopic (exact) mass is 263 g/mol. The molecule has 1 N–H and O–H groups in total. The molecule has 0 aliphatic carbocycles. The molecule has 1 aromatic rings. The first-order valence-electron chi connectivity index (χ1n) is 7.07. The topological polar surface area (TPSA) is 38.3 Å². The molecule has 0 aromatic heterocycles. The van der Waals surface area contributed by atoms with E-state index in [4.69, 9.17) is 4.74 Å². The Morgan fingerprint density at radius 3 is 2.63 bits per heavy atom. The maximum atomic E-state index is 11.7. The predicted octanol–water partition coefficient (Wildman–Crippen LogP) is 2.86. The molecule has 1 atom stereocenters. The summed E-state index contributed by atoms with van der Waals surface area (Å²) in [5.74, 6) is -0.119. The van der Waals surface area contributed by atoms with E-state index in [0.29, 0.717) is 6.42 Å². The molecule has 0 aliphatic rings. The van der Waals surface area contributed by atoms with E-state index in [1.165, 1.54) is 11.1 Å². The molecule has 0 aliphatic heterocycles. The van der Waals surface area contributed by atoms with Crippen LogP contribution in [0.1, 0.15) is 37.8 Å². The van der Waals surface area contributed by atoms with E-state index in [1.54, 1.807) is 0 Å². The number of nitrogens with one attached hydrogen (secondary N) is 1. The standard InChI is InChI=1S/C16H25NO2/c1-4-11-17-12-14(3)19-16(18)10-9-15-7-5-13(2)6-8-15/h5-8,14,17H,4,9-12H2,1-3H3. The van der Waals surface area contributed by atoms with Crippen molar-refractivity contribution < 1.29 is 9.53 Å². The molecule has 19 heavy (non-hydrogen) atoms. The average molecular weight is 263 g/mol. The normalized spacial score (nSPS) is 12.2. The summed E-state index contributed by atoms with van der Waals surface area (Å²) in [6, 6.07) is 8.26. The van der Waals surface area contributed by atoms with Gasteiger partial charge in [0.05, 0.1) is 0 Å². The molecule has 3 nitrogen and oxygen atoms in total. The maximum Gasteiger partial charge on any atom is 0.306 e. The van der Waals surface area contributed by atoms with Crippen LogP contribution >= 0.6 is 0 Å². The van der Waals surface area contributed by atoms with E-state index < -0.39 is 0 Å². The van der Waals surface area contributed by atoms with Gasteiger partial charge in [-0.1, -0.05) is 36.8 Å². The van der Waals surface area contributed by atoms with Gasteiger partial charge in [-0.25, -0.2) is 0 Å². The van der Waals surface area contributed by atoms with Gasteiger partial charge in [-0.3, -0.25) is 4.79 Å². The number of hydrogen-bond acceptors (Lipinski definition) is 3. The Morgan fingerprint density at radius 2 is 2.00 bits per heavy atom. The first-order valence-corrected chi connectivity index (χ1v) is 7.07. The first-order chi connectivity index (χ1) is 9.11. The Balaban J connectivity index is 2.22. The van der Waals surface area contributed by atoms with Crippen LogP contribution in [0.5, 0.6) is 0 Å². The van der Waals surface area contributed by atoms with Gasteiger partial charge in [-0.2, -0.15) is 0 Å². The van der Waals surface area contributed by atoms with Gasteiger partial charge in [-0.05, 0) is 38.8 Å². The van der Waals surface area contributed by atoms with Crippen molar-refractivity contribution >= 4 is 5.97 Å². The fourth-order valence-corrected chi connectivity index (χ4v) is 1.81. The molecule has 0 saturated heterocycles. The summed E-state index contributed by atoms with van der Waals surface area (Å²) in [6.45, 7) is 7.79. The SMILES string of the molecule is CCCNCC(C)OC(=O)CCc1ccc(C)cc1. The van der Waals surface area contributed by atoms with Crippen LogP contribution in [0.25, 0.3) is 0 Å². The smallest absolute Gasteiger partial charge is 0.306 e. The highest BCUT2D eigenvalue weighted by Gasteiger charge is 2.09. The number of rotatable bonds is 8. The van der Waals surface area contributed by atoms with Crippen molar-refractivity contribution in [3.8, 4) is 0 Å². The second-order valence-corrected chi connectivity index (χ2v) is 4.99. The third-order valence-electron chi connectivity index (χ3n) is 2.93. The van der Waals surface area contributed by atoms with Crippen LogP contribution in [0.4, 0.5) is 0 Å². The molecule has 0 radical (unpaired) electrons. The fourth-order valence-electron chi connectivity index (χ4n) is 1.81. The van der Waals surface area contributed by atoms with E-state index in [1.807, 2.05) is 6.92 Å². The molecule has 0 heterocycles. The van der Waals surface area contributed by atoms with Crippen LogP contribution in [0.15, 0.2) is 24.3 Å². The summed E-state index contributed by atoms with van der Waals surface area (Å²) >= 11 is 0. The van der Waals surface area contributed by atoms with Gasteiger partial charge in [0.2, 0.25) is 0 Å². The Hall–Kier alpha value is -1.35. The summed E-state index contributed by atoms with van der Waals surface area (Å²) in [6.07, 6.45) is 2.22. The molecular weight excluding hydrogens is 238 g/mol. The van der Waals surface area contributed by atoms with E-state index in [2.05, 4.69) is 43.4 Å². The van der Waals surface area contributed by atoms with Crippen LogP contribution < -0.4 is 5.32 Å². The average Bonchev–Trinajstić information content (AvgIpc) is 2.38. The first kappa shape index (κ1) is 15.7. The van der Waals surface area contributed by atoms with E-state index in [-0.39, 0.29) is 12.1 Å². The van der Waals surface area contributed by atoms with E-state index >= 15 is 0 Å². The fraction of sp³-hybridized carbons (Fsp3) is 0.562. The van der Waals surface area contributed by atoms with Crippen molar-refractivity contribution in [3.05, 3.63) is 35.4 Å². The minimum absolute atomic E-state index is 0.0583. The molecule has 0 fully saturated rings. The van der Waals surface area contributed by atoms with Gasteiger partial charge in [0.1, 0.15) is 6.10 Å². The lowest BCUT2D eigenvalue weighted by molar-refractivity contribution is -0.147. The van der Waals surface area contributed by atoms with Gasteiger partial charge in [-0.15, -0.1) is 0 Å². The maximum absolute atomic E-state index is 11.7. The highest BCUT2D eigenvalue weighted by atomic mass is 16.5. The van der Waals surface area contributed by atoms with Crippen molar-refractivity contribution in [1.29, 1.82) is 0 Å². The lowest BCUT2D eigenvalue weighted by atomic mass is 10.1. The lowest BCUT2D eigenvalue weighted by Gasteiger charge is -2.13. The minimum Gasteiger partial charge on any atom is -0.461 e. The quantitative estimate of drug-likeness (QED) is 0.579. The number of carbonyl (C=O) groups is 1. The third kappa shape index (κ3) is 6.97. The molecular formula is C16H25NO2. The summed E-state index contributed by atoms with van der Waals surface area (Å²) in [7, 11) is 0. The van der Waals surface area contributed by atoms with Crippen LogP contribution in [0.3, 0.4) is 0 Å². The largest absolute Gasteiger partial charge is 0.461 e. The van der Waals surface area contributed by atoms with Crippen molar-refractivity contribution in [2.24, 2.45) is 0 Å². The second-order valence-electron chi connectivity index (χ2n) is 4.99. The number of benzene rings is 1. The molecule has 1 aromatic carbocycles. The zero-order valence-corrected chi connectivity index (χ0v) is 12.2. The summed E-state index contributed by atoms with van der Waals surface area (Å²) in [5.41, 5.74) is 2.42. The summed E-state index contributed by atoms with van der Waals surface area (Å²) < 4.78 is 5.34. The van der Waals surface area contributed by atoms with Crippen molar-refractivity contribution in [2.45, 2.75) is 46.1 Å². The van der Waals surface area contributed by atoms with Gasteiger partial charge in [0, 0.05) is 13.0 Å². The van der Waals surface area contributed by atoms with Gasteiger partial charge >= 0.3 is 5.97 Å². The molecule has 3 heteroatoms. The van der Waals surface area contributed by atoms with E-state index in [0.717, 1.165) is 25.9 Å². The van der Waals surface area contributed by atoms with Gasteiger partial charge in [0.15, 0.2) is 0 Å². The van der Waals surface area contributed by atoms with Gasteiger partial charge in [0.25, 0.3) is 0 Å². The van der Waals surface area contributed by atoms with E-state index in [9.17, 15) is 4.79 Å². The zero-order chi connectivity index (χ0) is 14.1. The molecule has 1 rings (SSSR count). The molecule has 1 unspecified atom stereocenters. The minimum atomic E-state index is -0.119. The predicted molar refractivity (Wildman–Crippen MR) is 78.2 cm³/mol. The van der Waals surface area contributed by atoms with Crippen molar-refractivity contribution in [3.63, 3.8) is 0 Å². The van der Waals surface area contributed by atoms with Crippen LogP contribution in [-0.4, -0.2) is 25.2 Å². The molecule has 0 amide bonds. The molecule has 0 bridgehead atoms. The zero-order valence-electron chi connectivity index (χ0n) is 12.2. The third-order valence-corrected chi connectivity index (χ3v) is 2.93. The lowest BCUT2D eigenvalue weighted by Crippen LogP contribution is -2.29. The second kappa shape index (κ2) is 8.70. The number of hydrogen-bond donors (Lipinski definition) is 1. The van der Waals surface area contributed by atoms with Crippen LogP contribution in [0, 0.1) is 6.92 Å². The van der Waals surface area contributed by atoms with Gasteiger partial charge < -0.3 is 10.1 Å². The van der Waals surface area contributed by atoms with Crippen LogP contribution in [0.2, 0.25) is 0 Å². The molecule has 0 saturated carbocycles. The number of esters is 1. The van der Waals surface area contributed by atoms with Crippen molar-refractivity contribution in [2.75, 3.05) is 13.1 Å². The summed E-state index contributed by atoms with van der Waals surface area (Å²) in [4.78, 5) is 11.7. The number of aryl methyl sites for hydroxylation is 2. The molecule has 106 valence electrons. The van der Waals surface area contributed by atoms with Crippen molar-refractivity contribution in [1.82, 2.24) is 5.32 Å². The molecule has 0 spiro atoms. The number of ether oxygens (including phenoxy) is 1. The summed E-state index contributed by atoms with van der Waals surface area (Å²) in [5, 5.41) is 3.24. The highest BCUT2D eigenvalue weighted by molar-refractivity contribution is 5.69. The highest BCUT2D eigenvalue weighted by Crippen LogP contribution is 2.07.